The maximum atomic E-state index is 12.8. The summed E-state index contributed by atoms with van der Waals surface area (Å²) >= 11 is 0. The minimum Gasteiger partial charge on any atom is -0.350 e. The summed E-state index contributed by atoms with van der Waals surface area (Å²) in [5.41, 5.74) is 1.78. The highest BCUT2D eigenvalue weighted by Crippen LogP contribution is 2.34. The number of hydrogen-bond donors (Lipinski definition) is 2. The molecule has 2 atom stereocenters. The Balaban J connectivity index is 1.46. The molecule has 4 rings (SSSR count). The molecule has 0 bridgehead atoms. The van der Waals surface area contributed by atoms with Crippen LogP contribution in [0.3, 0.4) is 0 Å². The molecule has 0 fully saturated rings. The van der Waals surface area contributed by atoms with Crippen molar-refractivity contribution in [3.05, 3.63) is 53.2 Å². The number of carbonyl (C=O) groups is 1. The third-order valence-electron chi connectivity index (χ3n) is 6.03. The summed E-state index contributed by atoms with van der Waals surface area (Å²) in [4.78, 5) is 27.0. The summed E-state index contributed by atoms with van der Waals surface area (Å²) in [7, 11) is 1.85. The molecular weight excluding hydrogens is 461 g/mol. The maximum absolute atomic E-state index is 12.8. The molecule has 0 aliphatic carbocycles. The number of halogens is 3. The Hall–Kier alpha value is -3.70. The molecule has 1 unspecified atom stereocenters. The van der Waals surface area contributed by atoms with Gasteiger partial charge in [-0.3, -0.25) is 14.5 Å². The standard InChI is InChI=1S/C23H27F3N8O/c1-12(2)19-21(35)31-18-13(3)30-22(32-20(18)33(19)5)28-8-15-9-29-34(11-15)14(4)16-6-7-17(27-10-16)23(24,25)26/h6-7,9-12,14,19H,8H2,1-5H3,(H,31,35)(H,28,30,32)/t14-,19?/m0/s1. The number of fused-ring (bicyclic) bond motifs is 1. The van der Waals surface area contributed by atoms with E-state index < -0.39 is 11.9 Å². The van der Waals surface area contributed by atoms with Gasteiger partial charge in [0.25, 0.3) is 0 Å². The number of nitrogens with one attached hydrogen (secondary N) is 2. The average molecular weight is 489 g/mol. The van der Waals surface area contributed by atoms with Gasteiger partial charge in [0.05, 0.1) is 17.9 Å². The fourth-order valence-electron chi connectivity index (χ4n) is 4.13. The van der Waals surface area contributed by atoms with E-state index in [4.69, 9.17) is 0 Å². The monoisotopic (exact) mass is 488 g/mol. The van der Waals surface area contributed by atoms with Gasteiger partial charge in [-0.25, -0.2) is 4.98 Å². The van der Waals surface area contributed by atoms with Crippen LogP contribution in [0.25, 0.3) is 0 Å². The molecule has 4 heterocycles. The van der Waals surface area contributed by atoms with Crippen molar-refractivity contribution < 1.29 is 18.0 Å². The van der Waals surface area contributed by atoms with E-state index in [1.54, 1.807) is 10.9 Å². The number of amides is 1. The highest BCUT2D eigenvalue weighted by atomic mass is 19.4. The van der Waals surface area contributed by atoms with Crippen molar-refractivity contribution in [2.45, 2.75) is 52.5 Å². The Labute approximate surface area is 200 Å². The molecule has 3 aromatic rings. The van der Waals surface area contributed by atoms with E-state index in [1.807, 2.05) is 45.8 Å². The molecule has 12 heteroatoms. The summed E-state index contributed by atoms with van der Waals surface area (Å²) in [6, 6.07) is 1.75. The third-order valence-corrected chi connectivity index (χ3v) is 6.03. The van der Waals surface area contributed by atoms with E-state index in [0.717, 1.165) is 11.6 Å². The van der Waals surface area contributed by atoms with E-state index in [1.165, 1.54) is 12.3 Å². The first kappa shape index (κ1) is 24.4. The molecule has 0 saturated carbocycles. The topological polar surface area (TPSA) is 101 Å². The normalized spacial score (nSPS) is 16.8. The minimum atomic E-state index is -4.47. The van der Waals surface area contributed by atoms with Crippen LogP contribution in [0.15, 0.2) is 30.7 Å². The van der Waals surface area contributed by atoms with Gasteiger partial charge in [0.15, 0.2) is 5.82 Å². The van der Waals surface area contributed by atoms with Crippen molar-refractivity contribution in [1.82, 2.24) is 24.7 Å². The van der Waals surface area contributed by atoms with Gasteiger partial charge in [-0.2, -0.15) is 23.3 Å². The van der Waals surface area contributed by atoms with Crippen LogP contribution in [0, 0.1) is 12.8 Å². The van der Waals surface area contributed by atoms with Crippen molar-refractivity contribution >= 4 is 23.4 Å². The van der Waals surface area contributed by atoms with Crippen LogP contribution in [0.2, 0.25) is 0 Å². The summed E-state index contributed by atoms with van der Waals surface area (Å²) in [5, 5.41) is 10.5. The lowest BCUT2D eigenvalue weighted by atomic mass is 9.99. The highest BCUT2D eigenvalue weighted by molar-refractivity contribution is 6.03. The van der Waals surface area contributed by atoms with Gasteiger partial charge in [0.2, 0.25) is 11.9 Å². The Kier molecular flexibility index (Phi) is 6.39. The van der Waals surface area contributed by atoms with Crippen LogP contribution >= 0.6 is 0 Å². The zero-order valence-electron chi connectivity index (χ0n) is 20.1. The van der Waals surface area contributed by atoms with Crippen LogP contribution in [0.4, 0.5) is 30.6 Å². The Morgan fingerprint density at radius 3 is 2.54 bits per heavy atom. The first-order chi connectivity index (χ1) is 16.5. The number of aryl methyl sites for hydroxylation is 1. The summed E-state index contributed by atoms with van der Waals surface area (Å²) < 4.78 is 40.0. The van der Waals surface area contributed by atoms with Gasteiger partial charge < -0.3 is 15.5 Å². The Morgan fingerprint density at radius 1 is 1.17 bits per heavy atom. The summed E-state index contributed by atoms with van der Waals surface area (Å²) in [5.74, 6) is 1.09. The molecule has 2 N–H and O–H groups in total. The quantitative estimate of drug-likeness (QED) is 0.540. The van der Waals surface area contributed by atoms with Gasteiger partial charge in [-0.15, -0.1) is 0 Å². The molecule has 0 spiro atoms. The lowest BCUT2D eigenvalue weighted by molar-refractivity contribution is -0.141. The Bertz CT molecular complexity index is 1220. The average Bonchev–Trinajstić information content (AvgIpc) is 3.26. The predicted molar refractivity (Wildman–Crippen MR) is 125 cm³/mol. The van der Waals surface area contributed by atoms with Crippen molar-refractivity contribution in [2.75, 3.05) is 22.6 Å². The van der Waals surface area contributed by atoms with Crippen molar-refractivity contribution in [2.24, 2.45) is 5.92 Å². The van der Waals surface area contributed by atoms with Gasteiger partial charge in [-0.05, 0) is 31.4 Å². The smallest absolute Gasteiger partial charge is 0.350 e. The molecular formula is C23H27F3N8O. The van der Waals surface area contributed by atoms with Crippen LogP contribution in [0.1, 0.15) is 49.3 Å². The molecule has 9 nitrogen and oxygen atoms in total. The first-order valence-corrected chi connectivity index (χ1v) is 11.2. The Morgan fingerprint density at radius 2 is 1.91 bits per heavy atom. The van der Waals surface area contributed by atoms with E-state index in [2.05, 4.69) is 30.7 Å². The summed E-state index contributed by atoms with van der Waals surface area (Å²) in [6.07, 6.45) is 0.227. The molecule has 0 radical (unpaired) electrons. The molecule has 186 valence electrons. The fourth-order valence-corrected chi connectivity index (χ4v) is 4.13. The number of alkyl halides is 3. The number of anilines is 3. The van der Waals surface area contributed by atoms with E-state index in [9.17, 15) is 18.0 Å². The van der Waals surface area contributed by atoms with E-state index in [0.29, 0.717) is 35.3 Å². The number of nitrogens with zero attached hydrogens (tertiary/aromatic N) is 6. The molecule has 1 aliphatic rings. The van der Waals surface area contributed by atoms with Gasteiger partial charge in [-0.1, -0.05) is 19.9 Å². The number of rotatable bonds is 6. The van der Waals surface area contributed by atoms with Crippen LogP contribution in [-0.2, 0) is 17.5 Å². The fraction of sp³-hybridized carbons (Fsp3) is 0.435. The predicted octanol–water partition coefficient (Wildman–Crippen LogP) is 4.03. The molecule has 1 aliphatic heterocycles. The van der Waals surface area contributed by atoms with Crippen molar-refractivity contribution in [1.29, 1.82) is 0 Å². The number of carbonyl (C=O) groups excluding carboxylic acids is 1. The number of hydrogen-bond acceptors (Lipinski definition) is 7. The number of aromatic nitrogens is 5. The highest BCUT2D eigenvalue weighted by Gasteiger charge is 2.35. The van der Waals surface area contributed by atoms with Gasteiger partial charge >= 0.3 is 6.18 Å². The molecule has 0 saturated heterocycles. The zero-order chi connectivity index (χ0) is 25.5. The minimum absolute atomic E-state index is 0.0767. The van der Waals surface area contributed by atoms with Crippen LogP contribution in [0.5, 0.6) is 0 Å². The van der Waals surface area contributed by atoms with Gasteiger partial charge in [0, 0.05) is 31.5 Å². The number of likely N-dealkylation sites (N-methyl/N-ethyl adjacent to an activating group) is 1. The van der Waals surface area contributed by atoms with E-state index >= 15 is 0 Å². The third kappa shape index (κ3) is 4.91. The molecule has 0 aromatic carbocycles. The van der Waals surface area contributed by atoms with E-state index in [-0.39, 0.29) is 23.9 Å². The second kappa shape index (κ2) is 9.16. The largest absolute Gasteiger partial charge is 0.433 e. The van der Waals surface area contributed by atoms with Crippen molar-refractivity contribution in [3.63, 3.8) is 0 Å². The van der Waals surface area contributed by atoms with Crippen LogP contribution < -0.4 is 15.5 Å². The zero-order valence-corrected chi connectivity index (χ0v) is 20.1. The number of pyridine rings is 1. The maximum Gasteiger partial charge on any atom is 0.433 e. The lowest BCUT2D eigenvalue weighted by Crippen LogP contribution is -2.49. The first-order valence-electron chi connectivity index (χ1n) is 11.2. The molecule has 35 heavy (non-hydrogen) atoms. The van der Waals surface area contributed by atoms with Gasteiger partial charge in [0.1, 0.15) is 17.4 Å². The molecule has 1 amide bonds. The lowest BCUT2D eigenvalue weighted by Gasteiger charge is -2.36. The summed E-state index contributed by atoms with van der Waals surface area (Å²) in [6.45, 7) is 8.00. The second-order valence-electron chi connectivity index (χ2n) is 8.95. The SMILES string of the molecule is Cc1nc(NCc2cnn([C@@H](C)c3ccc(C(F)(F)F)nc3)c2)nc2c1NC(=O)C(C(C)C)N2C. The second-order valence-corrected chi connectivity index (χ2v) is 8.95. The van der Waals surface area contributed by atoms with Crippen LogP contribution in [-0.4, -0.2) is 43.7 Å². The molecule has 3 aromatic heterocycles. The van der Waals surface area contributed by atoms with Crippen molar-refractivity contribution in [3.8, 4) is 0 Å².